The van der Waals surface area contributed by atoms with Crippen LogP contribution in [0, 0.1) is 13.8 Å². The average Bonchev–Trinajstić information content (AvgIpc) is 3.18. The van der Waals surface area contributed by atoms with E-state index in [2.05, 4.69) is 15.5 Å². The van der Waals surface area contributed by atoms with Gasteiger partial charge >= 0.3 is 0 Å². The number of furan rings is 1. The lowest BCUT2D eigenvalue weighted by molar-refractivity contribution is 0.0950. The molecule has 3 heterocycles. The molecule has 0 spiro atoms. The molecule has 3 aromatic rings. The van der Waals surface area contributed by atoms with Crippen LogP contribution in [0.25, 0.3) is 5.82 Å². The molecule has 0 bridgehead atoms. The Hall–Kier alpha value is -3.16. The van der Waals surface area contributed by atoms with Crippen molar-refractivity contribution in [1.29, 1.82) is 0 Å². The number of amides is 1. The number of carbonyl (C=O) groups excluding carboxylic acids is 1. The lowest BCUT2D eigenvalue weighted by atomic mass is 10.2. The molecule has 0 aliphatic heterocycles. The summed E-state index contributed by atoms with van der Waals surface area (Å²) in [6.07, 6.45) is 3.37. The topological polar surface area (TPSA) is 95.0 Å². The molecule has 0 aromatic carbocycles. The Morgan fingerprint density at radius 1 is 1.33 bits per heavy atom. The minimum absolute atomic E-state index is 0.236. The summed E-state index contributed by atoms with van der Waals surface area (Å²) in [6, 6.07) is 6.48. The van der Waals surface area contributed by atoms with Gasteiger partial charge in [-0.3, -0.25) is 9.59 Å². The number of rotatable bonds is 5. The highest BCUT2D eigenvalue weighted by Gasteiger charge is 2.13. The van der Waals surface area contributed by atoms with Crippen molar-refractivity contribution in [1.82, 2.24) is 24.9 Å². The van der Waals surface area contributed by atoms with Crippen molar-refractivity contribution in [3.05, 3.63) is 64.1 Å². The SMILES string of the molecule is Cc1cc(C(=O)NCCn2nc(-n3cccn3)ccc2=O)c(C)o1. The van der Waals surface area contributed by atoms with Gasteiger partial charge in [-0.2, -0.15) is 5.10 Å². The molecule has 8 nitrogen and oxygen atoms in total. The molecular formula is C16H17N5O3. The van der Waals surface area contributed by atoms with Crippen LogP contribution in [0.15, 0.2) is 45.9 Å². The van der Waals surface area contributed by atoms with Gasteiger partial charge in [-0.25, -0.2) is 9.36 Å². The van der Waals surface area contributed by atoms with Crippen LogP contribution in [0.1, 0.15) is 21.9 Å². The number of nitrogens with zero attached hydrogens (tertiary/aromatic N) is 4. The monoisotopic (exact) mass is 327 g/mol. The predicted molar refractivity (Wildman–Crippen MR) is 86.1 cm³/mol. The zero-order valence-electron chi connectivity index (χ0n) is 13.4. The van der Waals surface area contributed by atoms with Crippen LogP contribution < -0.4 is 10.9 Å². The van der Waals surface area contributed by atoms with Crippen LogP contribution >= 0.6 is 0 Å². The van der Waals surface area contributed by atoms with E-state index in [1.807, 2.05) is 0 Å². The molecule has 8 heteroatoms. The fraction of sp³-hybridized carbons (Fsp3) is 0.250. The number of carbonyl (C=O) groups is 1. The molecule has 0 aliphatic rings. The maximum Gasteiger partial charge on any atom is 0.266 e. The molecule has 1 amide bonds. The molecule has 0 saturated carbocycles. The minimum Gasteiger partial charge on any atom is -0.466 e. The Kier molecular flexibility index (Phi) is 4.28. The molecule has 0 unspecified atom stereocenters. The molecule has 3 rings (SSSR count). The van der Waals surface area contributed by atoms with E-state index in [9.17, 15) is 9.59 Å². The van der Waals surface area contributed by atoms with Crippen molar-refractivity contribution in [2.24, 2.45) is 0 Å². The van der Waals surface area contributed by atoms with Crippen LogP contribution in [0.2, 0.25) is 0 Å². The zero-order chi connectivity index (χ0) is 17.1. The van der Waals surface area contributed by atoms with Crippen molar-refractivity contribution < 1.29 is 9.21 Å². The maximum absolute atomic E-state index is 12.1. The fourth-order valence-corrected chi connectivity index (χ4v) is 2.35. The minimum atomic E-state index is -0.240. The van der Waals surface area contributed by atoms with Crippen molar-refractivity contribution in [2.75, 3.05) is 6.54 Å². The Bertz CT molecular complexity index is 908. The van der Waals surface area contributed by atoms with Crippen molar-refractivity contribution in [2.45, 2.75) is 20.4 Å². The third kappa shape index (κ3) is 3.27. The van der Waals surface area contributed by atoms with Gasteiger partial charge in [-0.05, 0) is 32.0 Å². The van der Waals surface area contributed by atoms with E-state index in [0.29, 0.717) is 22.9 Å². The third-order valence-electron chi connectivity index (χ3n) is 3.49. The zero-order valence-corrected chi connectivity index (χ0v) is 13.4. The van der Waals surface area contributed by atoms with Gasteiger partial charge in [0.25, 0.3) is 11.5 Å². The second-order valence-corrected chi connectivity index (χ2v) is 5.29. The van der Waals surface area contributed by atoms with Gasteiger partial charge in [0.05, 0.1) is 12.1 Å². The second-order valence-electron chi connectivity index (χ2n) is 5.29. The van der Waals surface area contributed by atoms with Crippen LogP contribution in [-0.2, 0) is 6.54 Å². The number of nitrogens with one attached hydrogen (secondary N) is 1. The third-order valence-corrected chi connectivity index (χ3v) is 3.49. The van der Waals surface area contributed by atoms with Gasteiger partial charge < -0.3 is 9.73 Å². The first-order chi connectivity index (χ1) is 11.5. The Morgan fingerprint density at radius 2 is 2.17 bits per heavy atom. The molecule has 0 radical (unpaired) electrons. The lowest BCUT2D eigenvalue weighted by Gasteiger charge is -2.08. The van der Waals surface area contributed by atoms with Crippen LogP contribution in [0.5, 0.6) is 0 Å². The van der Waals surface area contributed by atoms with Gasteiger partial charge in [0.15, 0.2) is 5.82 Å². The summed E-state index contributed by atoms with van der Waals surface area (Å²) in [7, 11) is 0. The van der Waals surface area contributed by atoms with Gasteiger partial charge in [-0.15, -0.1) is 5.10 Å². The molecule has 0 aliphatic carbocycles. The highest BCUT2D eigenvalue weighted by molar-refractivity contribution is 5.95. The molecular weight excluding hydrogens is 310 g/mol. The first-order valence-electron chi connectivity index (χ1n) is 7.48. The first-order valence-corrected chi connectivity index (χ1v) is 7.48. The molecule has 0 fully saturated rings. The summed E-state index contributed by atoms with van der Waals surface area (Å²) in [5, 5.41) is 11.1. The molecule has 3 aromatic heterocycles. The van der Waals surface area contributed by atoms with Gasteiger partial charge in [0.2, 0.25) is 0 Å². The molecule has 124 valence electrons. The Labute approximate surface area is 137 Å². The van der Waals surface area contributed by atoms with E-state index >= 15 is 0 Å². The molecule has 0 saturated heterocycles. The predicted octanol–water partition coefficient (Wildman–Crippen LogP) is 1.07. The van der Waals surface area contributed by atoms with Crippen molar-refractivity contribution in [3.63, 3.8) is 0 Å². The smallest absolute Gasteiger partial charge is 0.266 e. The number of hydrogen-bond acceptors (Lipinski definition) is 5. The highest BCUT2D eigenvalue weighted by Crippen LogP contribution is 2.13. The van der Waals surface area contributed by atoms with Crippen LogP contribution in [0.4, 0.5) is 0 Å². The standard InChI is InChI=1S/C16H17N5O3/c1-11-10-13(12(2)24-11)16(23)17-7-9-21-15(22)5-4-14(19-21)20-8-3-6-18-20/h3-6,8,10H,7,9H2,1-2H3,(H,17,23). The number of aromatic nitrogens is 4. The summed E-state index contributed by atoms with van der Waals surface area (Å²) >= 11 is 0. The largest absolute Gasteiger partial charge is 0.466 e. The normalized spacial score (nSPS) is 10.8. The first kappa shape index (κ1) is 15.7. The summed E-state index contributed by atoms with van der Waals surface area (Å²) in [6.45, 7) is 4.06. The van der Waals surface area contributed by atoms with Gasteiger partial charge in [0.1, 0.15) is 11.5 Å². The summed E-state index contributed by atoms with van der Waals surface area (Å²) in [5.74, 6) is 1.55. The van der Waals surface area contributed by atoms with Crippen molar-refractivity contribution >= 4 is 5.91 Å². The molecule has 1 N–H and O–H groups in total. The van der Waals surface area contributed by atoms with E-state index in [0.717, 1.165) is 0 Å². The second kappa shape index (κ2) is 6.53. The number of aryl methyl sites for hydroxylation is 2. The van der Waals surface area contributed by atoms with Gasteiger partial charge in [0, 0.05) is 25.0 Å². The lowest BCUT2D eigenvalue weighted by Crippen LogP contribution is -2.32. The fourth-order valence-electron chi connectivity index (χ4n) is 2.35. The van der Waals surface area contributed by atoms with Crippen molar-refractivity contribution in [3.8, 4) is 5.82 Å². The Morgan fingerprint density at radius 3 is 2.83 bits per heavy atom. The van der Waals surface area contributed by atoms with Crippen LogP contribution in [-0.4, -0.2) is 32.0 Å². The number of hydrogen-bond donors (Lipinski definition) is 1. The van der Waals surface area contributed by atoms with E-state index in [4.69, 9.17) is 4.42 Å². The van der Waals surface area contributed by atoms with E-state index in [1.54, 1.807) is 49.1 Å². The van der Waals surface area contributed by atoms with E-state index < -0.39 is 0 Å². The van der Waals surface area contributed by atoms with E-state index in [1.165, 1.54) is 10.7 Å². The van der Waals surface area contributed by atoms with Crippen LogP contribution in [0.3, 0.4) is 0 Å². The summed E-state index contributed by atoms with van der Waals surface area (Å²) in [5.41, 5.74) is 0.258. The highest BCUT2D eigenvalue weighted by atomic mass is 16.3. The Balaban J connectivity index is 1.66. The van der Waals surface area contributed by atoms with E-state index in [-0.39, 0.29) is 24.6 Å². The maximum atomic E-state index is 12.1. The molecule has 24 heavy (non-hydrogen) atoms. The van der Waals surface area contributed by atoms with Gasteiger partial charge in [-0.1, -0.05) is 0 Å². The quantitative estimate of drug-likeness (QED) is 0.756. The summed E-state index contributed by atoms with van der Waals surface area (Å²) < 4.78 is 8.20. The summed E-state index contributed by atoms with van der Waals surface area (Å²) in [4.78, 5) is 24.0. The average molecular weight is 327 g/mol. The molecule has 0 atom stereocenters.